The zero-order valence-corrected chi connectivity index (χ0v) is 21.4. The van der Waals surface area contributed by atoms with E-state index in [4.69, 9.17) is 14.8 Å². The molecule has 13 N–H and O–H groups in total. The largest absolute Gasteiger partial charge is 0.395 e. The van der Waals surface area contributed by atoms with E-state index in [2.05, 4.69) is 0 Å². The molecule has 0 spiro atoms. The summed E-state index contributed by atoms with van der Waals surface area (Å²) in [4.78, 5) is 1.50. The molecule has 20 heteroatoms. The van der Waals surface area contributed by atoms with Crippen molar-refractivity contribution >= 4 is 10.1 Å². The smallest absolute Gasteiger partial charge is 0.360 e. The van der Waals surface area contributed by atoms with Crippen LogP contribution in [0.15, 0.2) is 0 Å². The standard InChI is InChI=1S/C10H28N3O9.C7H17NO6S/c14-1-11(2-15,3-16)10(12(4-17,5-18)6-19)13(7-20,8-21)9-22;9-3-1-8(2-4-10)5-7(11)6-15(12,13)14/h10,14-22H,1-9H2;7,9-11H,1-6H2,(H,12,13,14)/q+3;. The summed E-state index contributed by atoms with van der Waals surface area (Å²) in [6, 6.07) is 0. The molecule has 226 valence electrons. The maximum absolute atomic E-state index is 10.4. The summed E-state index contributed by atoms with van der Waals surface area (Å²) in [5, 5.41) is 113. The molecule has 0 heterocycles. The summed E-state index contributed by atoms with van der Waals surface area (Å²) in [7, 11) is -4.20. The van der Waals surface area contributed by atoms with Crippen LogP contribution in [0.3, 0.4) is 0 Å². The highest BCUT2D eigenvalue weighted by atomic mass is 32.2. The first kappa shape index (κ1) is 38.4. The summed E-state index contributed by atoms with van der Waals surface area (Å²) in [6.07, 6.45) is -2.82. The number of quaternary nitrogens is 3. The zero-order valence-electron chi connectivity index (χ0n) is 20.6. The van der Waals surface area contributed by atoms with Crippen LogP contribution < -0.4 is 0 Å². The fraction of sp³-hybridized carbons (Fsp3) is 1.00. The van der Waals surface area contributed by atoms with E-state index in [0.29, 0.717) is 0 Å². The van der Waals surface area contributed by atoms with Gasteiger partial charge in [-0.05, 0) is 0 Å². The van der Waals surface area contributed by atoms with Gasteiger partial charge in [0, 0.05) is 19.6 Å². The molecule has 0 aromatic rings. The second-order valence-electron chi connectivity index (χ2n) is 8.43. The topological polar surface area (TPSA) is 300 Å². The van der Waals surface area contributed by atoms with Gasteiger partial charge in [0.05, 0.1) is 19.3 Å². The lowest BCUT2D eigenvalue weighted by atomic mass is 10.3. The molecule has 0 bridgehead atoms. The summed E-state index contributed by atoms with van der Waals surface area (Å²) in [5.74, 6) is -0.750. The van der Waals surface area contributed by atoms with Gasteiger partial charge in [-0.25, -0.2) is 0 Å². The third-order valence-corrected chi connectivity index (χ3v) is 6.51. The summed E-state index contributed by atoms with van der Waals surface area (Å²) >= 11 is 0. The van der Waals surface area contributed by atoms with E-state index < -0.39 is 102 Å². The molecule has 0 aliphatic heterocycles. The molecule has 0 radical (unpaired) electrons. The molecule has 0 fully saturated rings. The second-order valence-corrected chi connectivity index (χ2v) is 9.92. The van der Waals surface area contributed by atoms with Crippen LogP contribution in [-0.2, 0) is 10.1 Å². The predicted octanol–water partition coefficient (Wildman–Crippen LogP) is -8.21. The van der Waals surface area contributed by atoms with Gasteiger partial charge in [0.1, 0.15) is 5.75 Å². The molecule has 0 saturated carbocycles. The van der Waals surface area contributed by atoms with Crippen LogP contribution in [0.4, 0.5) is 0 Å². The Labute approximate surface area is 214 Å². The SMILES string of the molecule is O=S(=O)(O)CC(O)CN(CCO)CCO.OC[N+](CO)(CO)C([N+](CO)(CO)CO)[N+](CO)(CO)CO. The number of aliphatic hydroxyl groups is 12. The third kappa shape index (κ3) is 11.1. The van der Waals surface area contributed by atoms with Crippen molar-refractivity contribution in [3.05, 3.63) is 0 Å². The minimum absolute atomic E-state index is 0.0269. The first-order valence-electron chi connectivity index (χ1n) is 10.9. The van der Waals surface area contributed by atoms with Crippen LogP contribution in [0.25, 0.3) is 0 Å². The van der Waals surface area contributed by atoms with Gasteiger partial charge < -0.3 is 61.3 Å². The van der Waals surface area contributed by atoms with Crippen molar-refractivity contribution < 1.29 is 87.7 Å². The molecule has 0 amide bonds. The van der Waals surface area contributed by atoms with Gasteiger partial charge in [-0.1, -0.05) is 0 Å². The van der Waals surface area contributed by atoms with E-state index in [-0.39, 0.29) is 32.8 Å². The Balaban J connectivity index is 0. The molecule has 0 saturated heterocycles. The van der Waals surface area contributed by atoms with Gasteiger partial charge in [-0.15, -0.1) is 0 Å². The van der Waals surface area contributed by atoms with E-state index in [9.17, 15) is 59.5 Å². The van der Waals surface area contributed by atoms with E-state index in [0.717, 1.165) is 0 Å². The Hall–Kier alpha value is -0.730. The molecule has 0 aliphatic carbocycles. The molecule has 0 rings (SSSR count). The molecular weight excluding hydrogens is 532 g/mol. The average molecular weight is 578 g/mol. The van der Waals surface area contributed by atoms with Gasteiger partial charge in [0.25, 0.3) is 10.1 Å². The molecule has 0 aliphatic rings. The van der Waals surface area contributed by atoms with Gasteiger partial charge in [0.2, 0.25) is 0 Å². The Morgan fingerprint density at radius 3 is 1.03 bits per heavy atom. The number of hydrogen-bond acceptors (Lipinski definition) is 15. The highest BCUT2D eigenvalue weighted by Crippen LogP contribution is 2.30. The molecule has 1 unspecified atom stereocenters. The number of nitrogens with zero attached hydrogens (tertiary/aromatic N) is 4. The van der Waals surface area contributed by atoms with E-state index >= 15 is 0 Å². The van der Waals surface area contributed by atoms with Crippen molar-refractivity contribution in [2.24, 2.45) is 0 Å². The average Bonchev–Trinajstić information content (AvgIpc) is 2.87. The van der Waals surface area contributed by atoms with Crippen molar-refractivity contribution in [1.82, 2.24) is 4.90 Å². The first-order chi connectivity index (χ1) is 17.3. The Bertz CT molecular complexity index is 599. The molecule has 0 aromatic carbocycles. The molecular formula is C17H45N4O15S+3. The lowest BCUT2D eigenvalue weighted by molar-refractivity contribution is -1.31. The van der Waals surface area contributed by atoms with Crippen LogP contribution in [0.1, 0.15) is 0 Å². The van der Waals surface area contributed by atoms with Gasteiger partial charge >= 0.3 is 6.29 Å². The predicted molar refractivity (Wildman–Crippen MR) is 121 cm³/mol. The van der Waals surface area contributed by atoms with E-state index in [1.165, 1.54) is 4.90 Å². The van der Waals surface area contributed by atoms with E-state index in [1.807, 2.05) is 0 Å². The van der Waals surface area contributed by atoms with Crippen molar-refractivity contribution in [2.45, 2.75) is 12.4 Å². The molecule has 0 aromatic heterocycles. The highest BCUT2D eigenvalue weighted by Gasteiger charge is 2.63. The first-order valence-corrected chi connectivity index (χ1v) is 12.5. The van der Waals surface area contributed by atoms with Gasteiger partial charge in [0.15, 0.2) is 60.6 Å². The van der Waals surface area contributed by atoms with Crippen LogP contribution >= 0.6 is 0 Å². The summed E-state index contributed by atoms with van der Waals surface area (Å²) in [5.41, 5.74) is 0. The van der Waals surface area contributed by atoms with Crippen LogP contribution in [0.2, 0.25) is 0 Å². The van der Waals surface area contributed by atoms with Gasteiger partial charge in [-0.3, -0.25) is 9.45 Å². The highest BCUT2D eigenvalue weighted by molar-refractivity contribution is 7.85. The van der Waals surface area contributed by atoms with Crippen LogP contribution in [-0.4, -0.2) is 204 Å². The number of hydrogen-bond donors (Lipinski definition) is 13. The van der Waals surface area contributed by atoms with Crippen molar-refractivity contribution in [3.8, 4) is 0 Å². The normalized spacial score (nSPS) is 14.1. The monoisotopic (exact) mass is 577 g/mol. The van der Waals surface area contributed by atoms with Crippen LogP contribution in [0.5, 0.6) is 0 Å². The lowest BCUT2D eigenvalue weighted by Crippen LogP contribution is -2.83. The number of aliphatic hydroxyl groups excluding tert-OH is 12. The van der Waals surface area contributed by atoms with Gasteiger partial charge in [-0.2, -0.15) is 21.9 Å². The zero-order chi connectivity index (χ0) is 29.3. The molecule has 37 heavy (non-hydrogen) atoms. The minimum atomic E-state index is -4.20. The lowest BCUT2D eigenvalue weighted by Gasteiger charge is -2.52. The summed E-state index contributed by atoms with van der Waals surface area (Å²) < 4.78 is 26.2. The molecule has 19 nitrogen and oxygen atoms in total. The second kappa shape index (κ2) is 18.5. The van der Waals surface area contributed by atoms with E-state index in [1.54, 1.807) is 0 Å². The third-order valence-electron chi connectivity index (χ3n) is 5.71. The maximum Gasteiger partial charge on any atom is 0.360 e. The maximum atomic E-state index is 10.4. The van der Waals surface area contributed by atoms with Crippen LogP contribution in [0, 0.1) is 0 Å². The minimum Gasteiger partial charge on any atom is -0.395 e. The Morgan fingerprint density at radius 1 is 0.568 bits per heavy atom. The van der Waals surface area contributed by atoms with Crippen molar-refractivity contribution in [1.29, 1.82) is 0 Å². The van der Waals surface area contributed by atoms with Crippen molar-refractivity contribution in [3.63, 3.8) is 0 Å². The number of rotatable bonds is 20. The van der Waals surface area contributed by atoms with Crippen molar-refractivity contribution in [2.75, 3.05) is 99.2 Å². The fourth-order valence-corrected chi connectivity index (χ4v) is 4.38. The quantitative estimate of drug-likeness (QED) is 0.0363. The Kier molecular flexibility index (Phi) is 19.2. The Morgan fingerprint density at radius 2 is 0.838 bits per heavy atom. The molecule has 1 atom stereocenters. The fourth-order valence-electron chi connectivity index (χ4n) is 3.79. The summed E-state index contributed by atoms with van der Waals surface area (Å²) in [6.45, 7) is -8.16.